The van der Waals surface area contributed by atoms with Crippen LogP contribution in [0.3, 0.4) is 0 Å². The van der Waals surface area contributed by atoms with Crippen LogP contribution < -0.4 is 5.48 Å². The average Bonchev–Trinajstić information content (AvgIpc) is 2.23. The number of methoxy groups -OCH3 is 1. The highest BCUT2D eigenvalue weighted by Gasteiger charge is 2.18. The molecule has 98 valence electrons. The number of ether oxygens (including phenoxy) is 2. The van der Waals surface area contributed by atoms with E-state index in [4.69, 9.17) is 14.3 Å². The predicted molar refractivity (Wildman–Crippen MR) is 65.4 cm³/mol. The van der Waals surface area contributed by atoms with Gasteiger partial charge in [0.1, 0.15) is 0 Å². The molecule has 0 heterocycles. The van der Waals surface area contributed by atoms with Crippen LogP contribution in [-0.4, -0.2) is 38.6 Å². The van der Waals surface area contributed by atoms with Gasteiger partial charge in [-0.3, -0.25) is 0 Å². The summed E-state index contributed by atoms with van der Waals surface area (Å²) in [5, 5.41) is 0. The van der Waals surface area contributed by atoms with E-state index in [0.717, 1.165) is 26.1 Å². The van der Waals surface area contributed by atoms with Gasteiger partial charge in [-0.25, -0.2) is 0 Å². The SMILES string of the molecule is CCONC(C)CCOC(C)(C)CCOC. The molecule has 0 spiro atoms. The van der Waals surface area contributed by atoms with E-state index in [0.29, 0.717) is 12.6 Å². The first-order valence-electron chi connectivity index (χ1n) is 6.02. The minimum atomic E-state index is -0.110. The number of hydrogen-bond donors (Lipinski definition) is 1. The maximum Gasteiger partial charge on any atom is 0.0654 e. The Morgan fingerprint density at radius 3 is 2.50 bits per heavy atom. The maximum atomic E-state index is 5.81. The van der Waals surface area contributed by atoms with Gasteiger partial charge in [0.05, 0.1) is 12.2 Å². The Bertz CT molecular complexity index is 162. The zero-order valence-electron chi connectivity index (χ0n) is 11.3. The van der Waals surface area contributed by atoms with Crippen LogP contribution in [0.5, 0.6) is 0 Å². The molecule has 0 rings (SSSR count). The third-order valence-corrected chi connectivity index (χ3v) is 2.38. The standard InChI is InChI=1S/C12H27NO3/c1-6-16-13-11(2)7-9-15-12(3,4)8-10-14-5/h11,13H,6-10H2,1-5H3. The van der Waals surface area contributed by atoms with Crippen molar-refractivity contribution in [1.82, 2.24) is 5.48 Å². The fraction of sp³-hybridized carbons (Fsp3) is 1.00. The Morgan fingerprint density at radius 1 is 1.25 bits per heavy atom. The van der Waals surface area contributed by atoms with Crippen LogP contribution in [0.2, 0.25) is 0 Å². The molecular weight excluding hydrogens is 206 g/mol. The van der Waals surface area contributed by atoms with Gasteiger partial charge in [0.15, 0.2) is 0 Å². The van der Waals surface area contributed by atoms with E-state index in [-0.39, 0.29) is 5.60 Å². The molecule has 0 saturated heterocycles. The van der Waals surface area contributed by atoms with Crippen molar-refractivity contribution in [3.05, 3.63) is 0 Å². The van der Waals surface area contributed by atoms with E-state index >= 15 is 0 Å². The van der Waals surface area contributed by atoms with Gasteiger partial charge >= 0.3 is 0 Å². The summed E-state index contributed by atoms with van der Waals surface area (Å²) in [5.74, 6) is 0. The zero-order valence-corrected chi connectivity index (χ0v) is 11.3. The Hall–Kier alpha value is -0.160. The van der Waals surface area contributed by atoms with Gasteiger partial charge in [-0.2, -0.15) is 5.48 Å². The Balaban J connectivity index is 3.54. The molecule has 0 aromatic carbocycles. The Kier molecular flexibility index (Phi) is 8.84. The van der Waals surface area contributed by atoms with Crippen molar-refractivity contribution in [1.29, 1.82) is 0 Å². The van der Waals surface area contributed by atoms with E-state index in [9.17, 15) is 0 Å². The molecule has 0 saturated carbocycles. The molecule has 0 radical (unpaired) electrons. The number of hydrogen-bond acceptors (Lipinski definition) is 4. The molecule has 1 atom stereocenters. The molecule has 4 nitrogen and oxygen atoms in total. The van der Waals surface area contributed by atoms with Crippen LogP contribution in [-0.2, 0) is 14.3 Å². The van der Waals surface area contributed by atoms with Crippen LogP contribution >= 0.6 is 0 Å². The minimum absolute atomic E-state index is 0.110. The molecule has 0 amide bonds. The molecule has 0 aliphatic carbocycles. The van der Waals surface area contributed by atoms with Crippen LogP contribution in [0.25, 0.3) is 0 Å². The monoisotopic (exact) mass is 233 g/mol. The number of hydroxylamine groups is 1. The third-order valence-electron chi connectivity index (χ3n) is 2.38. The number of rotatable bonds is 10. The highest BCUT2D eigenvalue weighted by atomic mass is 16.6. The van der Waals surface area contributed by atoms with E-state index in [1.54, 1.807) is 7.11 Å². The highest BCUT2D eigenvalue weighted by Crippen LogP contribution is 2.14. The molecule has 0 fully saturated rings. The lowest BCUT2D eigenvalue weighted by Crippen LogP contribution is -2.31. The van der Waals surface area contributed by atoms with E-state index < -0.39 is 0 Å². The third kappa shape index (κ3) is 9.09. The first-order chi connectivity index (χ1) is 7.52. The summed E-state index contributed by atoms with van der Waals surface area (Å²) in [6.45, 7) is 10.4. The summed E-state index contributed by atoms with van der Waals surface area (Å²) < 4.78 is 10.9. The lowest BCUT2D eigenvalue weighted by Gasteiger charge is -2.25. The topological polar surface area (TPSA) is 39.7 Å². The summed E-state index contributed by atoms with van der Waals surface area (Å²) in [5.41, 5.74) is 2.85. The molecule has 0 aromatic rings. The Morgan fingerprint density at radius 2 is 1.94 bits per heavy atom. The largest absolute Gasteiger partial charge is 0.385 e. The average molecular weight is 233 g/mol. The van der Waals surface area contributed by atoms with Crippen molar-refractivity contribution in [2.75, 3.05) is 26.9 Å². The summed E-state index contributed by atoms with van der Waals surface area (Å²) in [4.78, 5) is 5.12. The van der Waals surface area contributed by atoms with E-state index in [2.05, 4.69) is 26.3 Å². The molecule has 0 aliphatic heterocycles. The van der Waals surface area contributed by atoms with Gasteiger partial charge in [0.2, 0.25) is 0 Å². The normalized spacial score (nSPS) is 14.1. The van der Waals surface area contributed by atoms with Crippen molar-refractivity contribution in [2.45, 2.75) is 52.2 Å². The minimum Gasteiger partial charge on any atom is -0.385 e. The van der Waals surface area contributed by atoms with Gasteiger partial charge in [0, 0.05) is 26.4 Å². The highest BCUT2D eigenvalue weighted by molar-refractivity contribution is 4.68. The van der Waals surface area contributed by atoms with Gasteiger partial charge in [-0.15, -0.1) is 0 Å². The molecule has 0 bridgehead atoms. The summed E-state index contributed by atoms with van der Waals surface area (Å²) in [7, 11) is 1.71. The van der Waals surface area contributed by atoms with E-state index in [1.807, 2.05) is 6.92 Å². The van der Waals surface area contributed by atoms with Gasteiger partial charge in [-0.1, -0.05) is 0 Å². The van der Waals surface area contributed by atoms with Crippen molar-refractivity contribution in [3.8, 4) is 0 Å². The Labute approximate surface area is 99.6 Å². The van der Waals surface area contributed by atoms with Gasteiger partial charge in [-0.05, 0) is 40.5 Å². The summed E-state index contributed by atoms with van der Waals surface area (Å²) >= 11 is 0. The maximum absolute atomic E-state index is 5.81. The second-order valence-electron chi connectivity index (χ2n) is 4.59. The molecule has 0 aromatic heterocycles. The van der Waals surface area contributed by atoms with Crippen molar-refractivity contribution >= 4 is 0 Å². The smallest absolute Gasteiger partial charge is 0.0654 e. The fourth-order valence-electron chi connectivity index (χ4n) is 1.22. The molecule has 16 heavy (non-hydrogen) atoms. The first kappa shape index (κ1) is 15.8. The first-order valence-corrected chi connectivity index (χ1v) is 6.02. The lowest BCUT2D eigenvalue weighted by atomic mass is 10.1. The zero-order chi connectivity index (χ0) is 12.4. The summed E-state index contributed by atoms with van der Waals surface area (Å²) in [6, 6.07) is 0.318. The molecule has 1 N–H and O–H groups in total. The molecule has 4 heteroatoms. The number of nitrogens with one attached hydrogen (secondary N) is 1. The van der Waals surface area contributed by atoms with Crippen LogP contribution in [0.4, 0.5) is 0 Å². The van der Waals surface area contributed by atoms with Crippen molar-refractivity contribution in [2.24, 2.45) is 0 Å². The summed E-state index contributed by atoms with van der Waals surface area (Å²) in [6.07, 6.45) is 1.85. The van der Waals surface area contributed by atoms with Gasteiger partial charge < -0.3 is 14.3 Å². The fourth-order valence-corrected chi connectivity index (χ4v) is 1.22. The van der Waals surface area contributed by atoms with E-state index in [1.165, 1.54) is 0 Å². The second kappa shape index (κ2) is 8.93. The predicted octanol–water partition coefficient (Wildman–Crippen LogP) is 2.14. The van der Waals surface area contributed by atoms with Crippen molar-refractivity contribution in [3.63, 3.8) is 0 Å². The van der Waals surface area contributed by atoms with Crippen LogP contribution in [0, 0.1) is 0 Å². The second-order valence-corrected chi connectivity index (χ2v) is 4.59. The molecule has 0 aliphatic rings. The molecule has 1 unspecified atom stereocenters. The molecular formula is C12H27NO3. The lowest BCUT2D eigenvalue weighted by molar-refractivity contribution is -0.0472. The van der Waals surface area contributed by atoms with Crippen LogP contribution in [0.1, 0.15) is 40.5 Å². The quantitative estimate of drug-likeness (QED) is 0.587. The van der Waals surface area contributed by atoms with Gasteiger partial charge in [0.25, 0.3) is 0 Å². The van der Waals surface area contributed by atoms with Crippen LogP contribution in [0.15, 0.2) is 0 Å². The van der Waals surface area contributed by atoms with Crippen molar-refractivity contribution < 1.29 is 14.3 Å².